The van der Waals surface area contributed by atoms with Crippen LogP contribution >= 0.6 is 0 Å². The van der Waals surface area contributed by atoms with Gasteiger partial charge in [-0.1, -0.05) is 37.3 Å². The van der Waals surface area contributed by atoms with Crippen LogP contribution in [-0.4, -0.2) is 57.1 Å². The number of benzene rings is 2. The van der Waals surface area contributed by atoms with Crippen LogP contribution in [0.15, 0.2) is 54.6 Å². The van der Waals surface area contributed by atoms with E-state index in [9.17, 15) is 4.79 Å². The summed E-state index contributed by atoms with van der Waals surface area (Å²) >= 11 is 0. The molecule has 1 fully saturated rings. The quantitative estimate of drug-likeness (QED) is 0.650. The maximum absolute atomic E-state index is 13.2. The van der Waals surface area contributed by atoms with E-state index < -0.39 is 0 Å². The molecule has 0 saturated carbocycles. The summed E-state index contributed by atoms with van der Waals surface area (Å²) in [6.07, 6.45) is 1.85. The molecule has 0 bridgehead atoms. The molecule has 1 aliphatic rings. The normalized spacial score (nSPS) is 16.8. The zero-order chi connectivity index (χ0) is 19.9. The largest absolute Gasteiger partial charge is 0.378 e. The molecule has 4 heteroatoms. The first-order valence-corrected chi connectivity index (χ1v) is 10.2. The van der Waals surface area contributed by atoms with Crippen LogP contribution in [0.2, 0.25) is 0 Å². The van der Waals surface area contributed by atoms with Gasteiger partial charge in [-0.2, -0.15) is 0 Å². The molecule has 1 aliphatic heterocycles. The molecule has 0 N–H and O–H groups in total. The predicted octanol–water partition coefficient (Wildman–Crippen LogP) is 3.91. The van der Waals surface area contributed by atoms with Gasteiger partial charge < -0.3 is 9.64 Å². The van der Waals surface area contributed by atoms with Crippen molar-refractivity contribution in [1.82, 2.24) is 4.90 Å². The molecule has 0 amide bonds. The summed E-state index contributed by atoms with van der Waals surface area (Å²) in [7, 11) is 4.00. The van der Waals surface area contributed by atoms with Crippen molar-refractivity contribution in [2.75, 3.05) is 45.3 Å². The van der Waals surface area contributed by atoms with Gasteiger partial charge in [0.05, 0.1) is 19.3 Å². The lowest BCUT2D eigenvalue weighted by molar-refractivity contribution is 0.0850. The van der Waals surface area contributed by atoms with Crippen LogP contribution < -0.4 is 4.90 Å². The summed E-state index contributed by atoms with van der Waals surface area (Å²) < 4.78 is 5.42. The standard InChI is InChI=1S/C24H32N2O2/c1-19(17-20-7-5-4-6-8-20)18-23(25(2)3)24(27)21-9-11-22(12-10-21)26-13-15-28-16-14-26/h4-12,19,23H,13-18H2,1-3H3. The summed E-state index contributed by atoms with van der Waals surface area (Å²) in [4.78, 5) is 17.6. The Kier molecular flexibility index (Phi) is 7.24. The Labute approximate surface area is 169 Å². The van der Waals surface area contributed by atoms with E-state index in [2.05, 4.69) is 53.1 Å². The van der Waals surface area contributed by atoms with Gasteiger partial charge in [0.2, 0.25) is 0 Å². The van der Waals surface area contributed by atoms with Crippen molar-refractivity contribution in [2.45, 2.75) is 25.8 Å². The van der Waals surface area contributed by atoms with Crippen LogP contribution in [0.25, 0.3) is 0 Å². The van der Waals surface area contributed by atoms with Gasteiger partial charge in [-0.15, -0.1) is 0 Å². The number of likely N-dealkylation sites (N-methyl/N-ethyl adjacent to an activating group) is 1. The van der Waals surface area contributed by atoms with E-state index in [4.69, 9.17) is 4.74 Å². The predicted molar refractivity (Wildman–Crippen MR) is 115 cm³/mol. The molecule has 0 radical (unpaired) electrons. The van der Waals surface area contributed by atoms with Gasteiger partial charge in [-0.3, -0.25) is 9.69 Å². The van der Waals surface area contributed by atoms with Gasteiger partial charge in [-0.25, -0.2) is 0 Å². The third-order valence-corrected chi connectivity index (χ3v) is 5.51. The summed E-state index contributed by atoms with van der Waals surface area (Å²) in [5.41, 5.74) is 3.29. The minimum atomic E-state index is -0.104. The second-order valence-electron chi connectivity index (χ2n) is 8.02. The fourth-order valence-corrected chi connectivity index (χ4v) is 3.88. The SMILES string of the molecule is CC(Cc1ccccc1)CC(C(=O)c1ccc(N2CCOCC2)cc1)N(C)C. The molecule has 0 aromatic heterocycles. The minimum Gasteiger partial charge on any atom is -0.378 e. The molecule has 4 nitrogen and oxygen atoms in total. The molecule has 2 aromatic carbocycles. The lowest BCUT2D eigenvalue weighted by atomic mass is 9.90. The summed E-state index contributed by atoms with van der Waals surface area (Å²) in [5.74, 6) is 0.643. The first-order valence-electron chi connectivity index (χ1n) is 10.2. The van der Waals surface area contributed by atoms with E-state index in [1.165, 1.54) is 11.3 Å². The highest BCUT2D eigenvalue weighted by Crippen LogP contribution is 2.21. The van der Waals surface area contributed by atoms with Crippen molar-refractivity contribution in [2.24, 2.45) is 5.92 Å². The van der Waals surface area contributed by atoms with Crippen molar-refractivity contribution in [1.29, 1.82) is 0 Å². The molecule has 2 aromatic rings. The Bertz CT molecular complexity index is 737. The Hall–Kier alpha value is -2.17. The van der Waals surface area contributed by atoms with Gasteiger partial charge in [0, 0.05) is 24.3 Å². The van der Waals surface area contributed by atoms with Gasteiger partial charge in [0.1, 0.15) is 0 Å². The van der Waals surface area contributed by atoms with Crippen molar-refractivity contribution >= 4 is 11.5 Å². The van der Waals surface area contributed by atoms with Crippen LogP contribution in [0.3, 0.4) is 0 Å². The van der Waals surface area contributed by atoms with Gasteiger partial charge in [0.15, 0.2) is 5.78 Å². The number of Topliss-reactive ketones (excluding diaryl/α,β-unsaturated/α-hetero) is 1. The molecule has 2 unspecified atom stereocenters. The van der Waals surface area contributed by atoms with Crippen LogP contribution in [0.5, 0.6) is 0 Å². The highest BCUT2D eigenvalue weighted by atomic mass is 16.5. The molecular weight excluding hydrogens is 348 g/mol. The molecule has 0 spiro atoms. The number of hydrogen-bond donors (Lipinski definition) is 0. The summed E-state index contributed by atoms with van der Waals surface area (Å²) in [5, 5.41) is 0. The Balaban J connectivity index is 1.65. The van der Waals surface area contributed by atoms with Gasteiger partial charge >= 0.3 is 0 Å². The Morgan fingerprint density at radius 2 is 1.68 bits per heavy atom. The number of rotatable bonds is 8. The average molecular weight is 381 g/mol. The second kappa shape index (κ2) is 9.85. The molecule has 2 atom stereocenters. The highest BCUT2D eigenvalue weighted by molar-refractivity contribution is 6.00. The number of hydrogen-bond acceptors (Lipinski definition) is 4. The van der Waals surface area contributed by atoms with E-state index in [0.29, 0.717) is 5.92 Å². The van der Waals surface area contributed by atoms with E-state index >= 15 is 0 Å². The lowest BCUT2D eigenvalue weighted by Crippen LogP contribution is -2.38. The van der Waals surface area contributed by atoms with Crippen molar-refractivity contribution < 1.29 is 9.53 Å². The van der Waals surface area contributed by atoms with E-state index in [-0.39, 0.29) is 11.8 Å². The lowest BCUT2D eigenvalue weighted by Gasteiger charge is -2.29. The van der Waals surface area contributed by atoms with E-state index in [0.717, 1.165) is 44.7 Å². The fraction of sp³-hybridized carbons (Fsp3) is 0.458. The number of nitrogens with zero attached hydrogens (tertiary/aromatic N) is 2. The summed E-state index contributed by atoms with van der Waals surface area (Å²) in [6.45, 7) is 5.58. The molecule has 1 saturated heterocycles. The Morgan fingerprint density at radius 1 is 1.04 bits per heavy atom. The zero-order valence-electron chi connectivity index (χ0n) is 17.3. The minimum absolute atomic E-state index is 0.104. The topological polar surface area (TPSA) is 32.8 Å². The monoisotopic (exact) mass is 380 g/mol. The number of ether oxygens (including phenoxy) is 1. The maximum atomic E-state index is 13.2. The zero-order valence-corrected chi connectivity index (χ0v) is 17.3. The third kappa shape index (κ3) is 5.43. The van der Waals surface area contributed by atoms with Crippen LogP contribution in [-0.2, 0) is 11.2 Å². The van der Waals surface area contributed by atoms with Gasteiger partial charge in [0.25, 0.3) is 0 Å². The number of morpholine rings is 1. The number of ketones is 1. The van der Waals surface area contributed by atoms with E-state index in [1.807, 2.05) is 32.3 Å². The molecule has 1 heterocycles. The smallest absolute Gasteiger partial charge is 0.179 e. The van der Waals surface area contributed by atoms with Crippen LogP contribution in [0.1, 0.15) is 29.3 Å². The number of carbonyl (C=O) groups excluding carboxylic acids is 1. The van der Waals surface area contributed by atoms with Gasteiger partial charge in [-0.05, 0) is 62.7 Å². The van der Waals surface area contributed by atoms with Crippen molar-refractivity contribution in [3.05, 3.63) is 65.7 Å². The molecule has 28 heavy (non-hydrogen) atoms. The van der Waals surface area contributed by atoms with Crippen LogP contribution in [0, 0.1) is 5.92 Å². The molecule has 3 rings (SSSR count). The fourth-order valence-electron chi connectivity index (χ4n) is 3.88. The maximum Gasteiger partial charge on any atom is 0.179 e. The average Bonchev–Trinajstić information content (AvgIpc) is 2.73. The second-order valence-corrected chi connectivity index (χ2v) is 8.02. The first kappa shape index (κ1) is 20.6. The Morgan fingerprint density at radius 3 is 2.29 bits per heavy atom. The van der Waals surface area contributed by atoms with E-state index in [1.54, 1.807) is 0 Å². The third-order valence-electron chi connectivity index (χ3n) is 5.51. The number of anilines is 1. The molecule has 0 aliphatic carbocycles. The summed E-state index contributed by atoms with van der Waals surface area (Å²) in [6, 6.07) is 18.5. The van der Waals surface area contributed by atoms with Crippen LogP contribution in [0.4, 0.5) is 5.69 Å². The first-order chi connectivity index (χ1) is 13.5. The highest BCUT2D eigenvalue weighted by Gasteiger charge is 2.24. The van der Waals surface area contributed by atoms with Crippen molar-refractivity contribution in [3.8, 4) is 0 Å². The molecule has 150 valence electrons. The van der Waals surface area contributed by atoms with Crippen molar-refractivity contribution in [3.63, 3.8) is 0 Å². The molecular formula is C24H32N2O2. The number of carbonyl (C=O) groups is 1.